The molecule has 0 aliphatic carbocycles. The Balaban J connectivity index is 2.82. The number of carbonyl (C=O) groups excluding carboxylic acids is 1. The van der Waals surface area contributed by atoms with Gasteiger partial charge in [-0.1, -0.05) is 12.6 Å². The summed E-state index contributed by atoms with van der Waals surface area (Å²) >= 11 is 3.20. The lowest BCUT2D eigenvalue weighted by Gasteiger charge is -1.91. The molecule has 7 heavy (non-hydrogen) atoms. The molecule has 42 valence electrons. The average molecular weight is 124 g/mol. The van der Waals surface area contributed by atoms with Gasteiger partial charge in [-0.2, -0.15) is 0 Å². The summed E-state index contributed by atoms with van der Waals surface area (Å²) in [4.78, 5) is 9.68. The summed E-state index contributed by atoms with van der Waals surface area (Å²) < 4.78 is 15.1. The largest absolute Gasteiger partial charge is 0.455 e. The van der Waals surface area contributed by atoms with Gasteiger partial charge < -0.3 is 4.74 Å². The second kappa shape index (κ2) is 3.92. The molecule has 0 fully saturated rings. The minimum Gasteiger partial charge on any atom is -0.455 e. The highest BCUT2D eigenvalue weighted by Gasteiger charge is 1.88. The fraction of sp³-hybridized carbons (Fsp3) is 0.667. The number of halogens is 1. The van der Waals surface area contributed by atoms with E-state index in [0.717, 1.165) is 0 Å². The van der Waals surface area contributed by atoms with Gasteiger partial charge in [-0.25, -0.2) is 9.18 Å². The van der Waals surface area contributed by atoms with Gasteiger partial charge in [0.05, 0.1) is 0 Å². The zero-order valence-corrected chi connectivity index (χ0v) is 4.45. The van der Waals surface area contributed by atoms with E-state index in [0.29, 0.717) is 0 Å². The molecule has 0 saturated heterocycles. The number of alkyl halides is 1. The molecule has 0 aromatic rings. The first-order chi connectivity index (χ1) is 3.27. The van der Waals surface area contributed by atoms with E-state index in [1.807, 2.05) is 0 Å². The maximum absolute atomic E-state index is 11.0. The summed E-state index contributed by atoms with van der Waals surface area (Å²) in [5.74, 6) is 0. The first-order valence-corrected chi connectivity index (χ1v) is 2.14. The van der Waals surface area contributed by atoms with E-state index in [2.05, 4.69) is 17.4 Å². The highest BCUT2D eigenvalue weighted by Crippen LogP contribution is 1.83. The lowest BCUT2D eigenvalue weighted by atomic mass is 10.8. The third kappa shape index (κ3) is 5.75. The van der Waals surface area contributed by atoms with Crippen LogP contribution in [0.1, 0.15) is 0 Å². The molecule has 0 atom stereocenters. The molecule has 0 saturated carbocycles. The van der Waals surface area contributed by atoms with Gasteiger partial charge in [-0.15, -0.1) is 0 Å². The van der Waals surface area contributed by atoms with Crippen LogP contribution in [0.5, 0.6) is 0 Å². The lowest BCUT2D eigenvalue weighted by molar-refractivity contribution is 0.165. The van der Waals surface area contributed by atoms with Crippen LogP contribution >= 0.6 is 12.6 Å². The van der Waals surface area contributed by atoms with E-state index in [9.17, 15) is 9.18 Å². The van der Waals surface area contributed by atoms with Gasteiger partial charge in [0, 0.05) is 0 Å². The molecule has 0 rings (SSSR count). The predicted octanol–water partition coefficient (Wildman–Crippen LogP) is 1.02. The zero-order chi connectivity index (χ0) is 5.70. The van der Waals surface area contributed by atoms with Crippen LogP contribution in [-0.4, -0.2) is 18.6 Å². The lowest BCUT2D eigenvalue weighted by Crippen LogP contribution is -1.96. The van der Waals surface area contributed by atoms with Gasteiger partial charge in [-0.05, 0) is 0 Å². The van der Waals surface area contributed by atoms with Gasteiger partial charge in [0.15, 0.2) is 0 Å². The second-order valence-electron chi connectivity index (χ2n) is 0.803. The van der Waals surface area contributed by atoms with Gasteiger partial charge in [0.25, 0.3) is 0 Å². The Bertz CT molecular complexity index is 66.0. The smallest absolute Gasteiger partial charge is 0.364 e. The van der Waals surface area contributed by atoms with Crippen molar-refractivity contribution < 1.29 is 13.9 Å². The molecule has 0 radical (unpaired) electrons. The number of thiol groups is 1. The number of carbonyl (C=O) groups is 1. The molecule has 2 nitrogen and oxygen atoms in total. The standard InChI is InChI=1S/C3H5FO2S/c4-1-2-6-3(5)7/h1-2H2,(H,5,7). The summed E-state index contributed by atoms with van der Waals surface area (Å²) in [5.41, 5.74) is 0. The van der Waals surface area contributed by atoms with E-state index in [1.165, 1.54) is 0 Å². The second-order valence-corrected chi connectivity index (χ2v) is 1.17. The van der Waals surface area contributed by atoms with Gasteiger partial charge in [-0.3, -0.25) is 0 Å². The van der Waals surface area contributed by atoms with E-state index < -0.39 is 12.0 Å². The molecular formula is C3H5FO2S. The Kier molecular flexibility index (Phi) is 3.78. The van der Waals surface area contributed by atoms with Crippen LogP contribution in [0.25, 0.3) is 0 Å². The fourth-order valence-corrected chi connectivity index (χ4v) is 0.217. The number of ether oxygens (including phenoxy) is 1. The minimum absolute atomic E-state index is 0.192. The summed E-state index contributed by atoms with van der Waals surface area (Å²) in [5, 5.41) is -0.738. The SMILES string of the molecule is O=C(S)OCCF. The maximum atomic E-state index is 11.0. The molecule has 0 N–H and O–H groups in total. The van der Waals surface area contributed by atoms with Crippen molar-refractivity contribution in [2.75, 3.05) is 13.3 Å². The summed E-state index contributed by atoms with van der Waals surface area (Å²) in [6, 6.07) is 0. The first-order valence-electron chi connectivity index (χ1n) is 1.69. The molecule has 4 heteroatoms. The topological polar surface area (TPSA) is 26.3 Å². The molecule has 0 aliphatic heterocycles. The van der Waals surface area contributed by atoms with Crippen LogP contribution in [0, 0.1) is 0 Å². The number of hydrogen-bond donors (Lipinski definition) is 1. The molecule has 0 bridgehead atoms. The molecule has 0 amide bonds. The van der Waals surface area contributed by atoms with E-state index in [-0.39, 0.29) is 6.61 Å². The molecular weight excluding hydrogens is 119 g/mol. The quantitative estimate of drug-likeness (QED) is 0.439. The summed E-state index contributed by atoms with van der Waals surface area (Å²) in [7, 11) is 0. The van der Waals surface area contributed by atoms with Gasteiger partial charge in [0.2, 0.25) is 0 Å². The number of rotatable bonds is 2. The maximum Gasteiger partial charge on any atom is 0.364 e. The Labute approximate surface area is 46.1 Å². The average Bonchev–Trinajstić information content (AvgIpc) is 1.61. The van der Waals surface area contributed by atoms with E-state index in [1.54, 1.807) is 0 Å². The predicted molar refractivity (Wildman–Crippen MR) is 26.3 cm³/mol. The Morgan fingerprint density at radius 1 is 1.86 bits per heavy atom. The normalized spacial score (nSPS) is 8.29. The Morgan fingerprint density at radius 2 is 2.43 bits per heavy atom. The highest BCUT2D eigenvalue weighted by atomic mass is 32.1. The zero-order valence-electron chi connectivity index (χ0n) is 3.56. The van der Waals surface area contributed by atoms with Crippen LogP contribution in [0.3, 0.4) is 0 Å². The van der Waals surface area contributed by atoms with Crippen molar-refractivity contribution in [2.24, 2.45) is 0 Å². The van der Waals surface area contributed by atoms with Crippen molar-refractivity contribution in [1.82, 2.24) is 0 Å². The molecule has 0 heterocycles. The number of hydrogen-bond acceptors (Lipinski definition) is 2. The van der Waals surface area contributed by atoms with Gasteiger partial charge in [0.1, 0.15) is 13.3 Å². The molecule has 0 aliphatic rings. The third-order valence-electron chi connectivity index (χ3n) is 0.303. The Morgan fingerprint density at radius 3 is 2.57 bits per heavy atom. The molecule has 0 unspecified atom stereocenters. The molecule has 0 aromatic heterocycles. The summed E-state index contributed by atoms with van der Waals surface area (Å²) in [6.45, 7) is -0.839. The Hall–Kier alpha value is -0.250. The van der Waals surface area contributed by atoms with Crippen molar-refractivity contribution in [1.29, 1.82) is 0 Å². The monoisotopic (exact) mass is 124 g/mol. The fourth-order valence-electron chi connectivity index (χ4n) is 0.126. The van der Waals surface area contributed by atoms with Crippen LogP contribution < -0.4 is 0 Å². The van der Waals surface area contributed by atoms with Crippen LogP contribution in [-0.2, 0) is 4.74 Å². The first kappa shape index (κ1) is 6.75. The van der Waals surface area contributed by atoms with Crippen molar-refractivity contribution in [3.05, 3.63) is 0 Å². The van der Waals surface area contributed by atoms with Crippen LogP contribution in [0.4, 0.5) is 9.18 Å². The molecule has 0 spiro atoms. The minimum atomic E-state index is -0.738. The van der Waals surface area contributed by atoms with Crippen molar-refractivity contribution in [2.45, 2.75) is 0 Å². The van der Waals surface area contributed by atoms with E-state index >= 15 is 0 Å². The van der Waals surface area contributed by atoms with Gasteiger partial charge >= 0.3 is 5.30 Å². The molecule has 0 aromatic carbocycles. The van der Waals surface area contributed by atoms with Crippen molar-refractivity contribution in [3.63, 3.8) is 0 Å². The third-order valence-corrected chi connectivity index (χ3v) is 0.432. The van der Waals surface area contributed by atoms with Crippen LogP contribution in [0.2, 0.25) is 0 Å². The van der Waals surface area contributed by atoms with Crippen LogP contribution in [0.15, 0.2) is 0 Å². The van der Waals surface area contributed by atoms with Crippen molar-refractivity contribution >= 4 is 17.9 Å². The highest BCUT2D eigenvalue weighted by molar-refractivity contribution is 7.96. The summed E-state index contributed by atoms with van der Waals surface area (Å²) in [6.07, 6.45) is 0. The van der Waals surface area contributed by atoms with E-state index in [4.69, 9.17) is 0 Å². The van der Waals surface area contributed by atoms with Crippen molar-refractivity contribution in [3.8, 4) is 0 Å².